The number of hydrogen-bond acceptors (Lipinski definition) is 4. The third-order valence-electron chi connectivity index (χ3n) is 3.66. The first-order valence-corrected chi connectivity index (χ1v) is 6.69. The van der Waals surface area contributed by atoms with Crippen LogP contribution in [0.3, 0.4) is 0 Å². The summed E-state index contributed by atoms with van der Waals surface area (Å²) in [6.45, 7) is 1.66. The summed E-state index contributed by atoms with van der Waals surface area (Å²) in [4.78, 5) is 6.61. The van der Waals surface area contributed by atoms with Gasteiger partial charge in [-0.05, 0) is 31.0 Å². The summed E-state index contributed by atoms with van der Waals surface area (Å²) >= 11 is 0. The Morgan fingerprint density at radius 3 is 2.89 bits per heavy atom. The number of methoxy groups -OCH3 is 1. The molecule has 0 unspecified atom stereocenters. The normalized spacial score (nSPS) is 14.8. The van der Waals surface area contributed by atoms with E-state index in [2.05, 4.69) is 16.0 Å². The fourth-order valence-corrected chi connectivity index (χ4v) is 2.52. The van der Waals surface area contributed by atoms with Crippen molar-refractivity contribution in [1.29, 1.82) is 0 Å². The van der Waals surface area contributed by atoms with E-state index < -0.39 is 0 Å². The second-order valence-corrected chi connectivity index (χ2v) is 5.01. The third-order valence-corrected chi connectivity index (χ3v) is 3.66. The lowest BCUT2D eigenvalue weighted by atomic mass is 10.1. The SMILES string of the molecule is COCCN(c1ccc(N)c2cnccc12)C1CC1. The Kier molecular flexibility index (Phi) is 3.25. The van der Waals surface area contributed by atoms with Crippen LogP contribution in [-0.2, 0) is 4.74 Å². The predicted molar refractivity (Wildman–Crippen MR) is 78.4 cm³/mol. The van der Waals surface area contributed by atoms with Gasteiger partial charge in [0.15, 0.2) is 0 Å². The Morgan fingerprint density at radius 1 is 1.32 bits per heavy atom. The highest BCUT2D eigenvalue weighted by atomic mass is 16.5. The number of pyridine rings is 1. The Bertz CT molecular complexity index is 581. The van der Waals surface area contributed by atoms with Crippen LogP contribution in [0.2, 0.25) is 0 Å². The van der Waals surface area contributed by atoms with E-state index >= 15 is 0 Å². The van der Waals surface area contributed by atoms with E-state index in [1.165, 1.54) is 23.9 Å². The van der Waals surface area contributed by atoms with Crippen molar-refractivity contribution in [1.82, 2.24) is 4.98 Å². The fourth-order valence-electron chi connectivity index (χ4n) is 2.52. The van der Waals surface area contributed by atoms with E-state index in [1.807, 2.05) is 24.5 Å². The molecule has 0 spiro atoms. The van der Waals surface area contributed by atoms with Crippen molar-refractivity contribution in [2.75, 3.05) is 30.9 Å². The Labute approximate surface area is 113 Å². The molecule has 0 atom stereocenters. The maximum Gasteiger partial charge on any atom is 0.0637 e. The van der Waals surface area contributed by atoms with E-state index in [4.69, 9.17) is 10.5 Å². The maximum atomic E-state index is 6.03. The molecule has 3 rings (SSSR count). The summed E-state index contributed by atoms with van der Waals surface area (Å²) in [7, 11) is 1.75. The van der Waals surface area contributed by atoms with Gasteiger partial charge in [0.05, 0.1) is 6.61 Å². The van der Waals surface area contributed by atoms with Crippen molar-refractivity contribution in [3.8, 4) is 0 Å². The molecule has 0 bridgehead atoms. The quantitative estimate of drug-likeness (QED) is 0.836. The molecule has 0 radical (unpaired) electrons. The molecule has 2 N–H and O–H groups in total. The van der Waals surface area contributed by atoms with E-state index in [9.17, 15) is 0 Å². The molecule has 1 aliphatic rings. The monoisotopic (exact) mass is 257 g/mol. The predicted octanol–water partition coefficient (Wildman–Crippen LogP) is 2.43. The van der Waals surface area contributed by atoms with Crippen molar-refractivity contribution in [3.63, 3.8) is 0 Å². The van der Waals surface area contributed by atoms with Crippen LogP contribution in [0.4, 0.5) is 11.4 Å². The molecule has 1 aromatic carbocycles. The van der Waals surface area contributed by atoms with Crippen LogP contribution >= 0.6 is 0 Å². The average molecular weight is 257 g/mol. The lowest BCUT2D eigenvalue weighted by Gasteiger charge is -2.26. The molecule has 0 saturated heterocycles. The van der Waals surface area contributed by atoms with Crippen LogP contribution in [0, 0.1) is 0 Å². The minimum atomic E-state index is 0.648. The molecule has 2 aromatic rings. The summed E-state index contributed by atoms with van der Waals surface area (Å²) in [5, 5.41) is 2.21. The summed E-state index contributed by atoms with van der Waals surface area (Å²) < 4.78 is 5.23. The van der Waals surface area contributed by atoms with Gasteiger partial charge in [-0.1, -0.05) is 0 Å². The number of rotatable bonds is 5. The van der Waals surface area contributed by atoms with E-state index in [0.717, 1.165) is 24.2 Å². The topological polar surface area (TPSA) is 51.4 Å². The molecule has 0 aliphatic heterocycles. The lowest BCUT2D eigenvalue weighted by Crippen LogP contribution is -2.29. The molecular weight excluding hydrogens is 238 g/mol. The summed E-state index contributed by atoms with van der Waals surface area (Å²) in [6.07, 6.45) is 6.20. The molecule has 1 fully saturated rings. The van der Waals surface area contributed by atoms with Gasteiger partial charge in [-0.3, -0.25) is 4.98 Å². The van der Waals surface area contributed by atoms with Gasteiger partial charge in [0.2, 0.25) is 0 Å². The first-order valence-electron chi connectivity index (χ1n) is 6.69. The van der Waals surface area contributed by atoms with Gasteiger partial charge in [-0.15, -0.1) is 0 Å². The molecule has 1 heterocycles. The first kappa shape index (κ1) is 12.2. The van der Waals surface area contributed by atoms with E-state index in [1.54, 1.807) is 7.11 Å². The first-order chi connectivity index (χ1) is 9.31. The van der Waals surface area contributed by atoms with Gasteiger partial charge >= 0.3 is 0 Å². The zero-order valence-corrected chi connectivity index (χ0v) is 11.2. The van der Waals surface area contributed by atoms with Gasteiger partial charge in [-0.2, -0.15) is 0 Å². The van der Waals surface area contributed by atoms with Crippen LogP contribution in [0.5, 0.6) is 0 Å². The minimum absolute atomic E-state index is 0.648. The van der Waals surface area contributed by atoms with E-state index in [-0.39, 0.29) is 0 Å². The number of ether oxygens (including phenoxy) is 1. The standard InChI is InChI=1S/C15H19N3O/c1-19-9-8-18(11-2-3-11)15-5-4-14(16)13-10-17-7-6-12(13)15/h4-7,10-11H,2-3,8-9,16H2,1H3. The Hall–Kier alpha value is -1.81. The number of nitrogens with two attached hydrogens (primary N) is 1. The van der Waals surface area contributed by atoms with Crippen LogP contribution in [-0.4, -0.2) is 31.3 Å². The molecule has 0 amide bonds. The van der Waals surface area contributed by atoms with Gasteiger partial charge in [0.1, 0.15) is 0 Å². The molecular formula is C15H19N3O. The highest BCUT2D eigenvalue weighted by molar-refractivity contribution is 6.01. The van der Waals surface area contributed by atoms with Gasteiger partial charge in [-0.25, -0.2) is 0 Å². The lowest BCUT2D eigenvalue weighted by molar-refractivity contribution is 0.205. The molecule has 19 heavy (non-hydrogen) atoms. The van der Waals surface area contributed by atoms with Crippen molar-refractivity contribution in [3.05, 3.63) is 30.6 Å². The van der Waals surface area contributed by atoms with Crippen molar-refractivity contribution < 1.29 is 4.74 Å². The zero-order valence-electron chi connectivity index (χ0n) is 11.2. The number of anilines is 2. The number of nitrogens with zero attached hydrogens (tertiary/aromatic N) is 2. The molecule has 100 valence electrons. The fraction of sp³-hybridized carbons (Fsp3) is 0.400. The Balaban J connectivity index is 2.05. The second kappa shape index (κ2) is 5.05. The number of hydrogen-bond donors (Lipinski definition) is 1. The summed E-state index contributed by atoms with van der Waals surface area (Å²) in [5.74, 6) is 0. The van der Waals surface area contributed by atoms with Crippen molar-refractivity contribution in [2.24, 2.45) is 0 Å². The summed E-state index contributed by atoms with van der Waals surface area (Å²) in [5.41, 5.74) is 8.06. The number of nitrogen functional groups attached to an aromatic ring is 1. The smallest absolute Gasteiger partial charge is 0.0637 e. The van der Waals surface area contributed by atoms with Gasteiger partial charge in [0.25, 0.3) is 0 Å². The van der Waals surface area contributed by atoms with Gasteiger partial charge < -0.3 is 15.4 Å². The molecule has 1 saturated carbocycles. The maximum absolute atomic E-state index is 6.03. The minimum Gasteiger partial charge on any atom is -0.398 e. The highest BCUT2D eigenvalue weighted by Crippen LogP contribution is 2.36. The highest BCUT2D eigenvalue weighted by Gasteiger charge is 2.29. The van der Waals surface area contributed by atoms with Crippen molar-refractivity contribution >= 4 is 22.1 Å². The molecule has 1 aromatic heterocycles. The molecule has 4 nitrogen and oxygen atoms in total. The van der Waals surface area contributed by atoms with E-state index in [0.29, 0.717) is 6.04 Å². The Morgan fingerprint density at radius 2 is 2.16 bits per heavy atom. The van der Waals surface area contributed by atoms with Crippen LogP contribution < -0.4 is 10.6 Å². The number of fused-ring (bicyclic) bond motifs is 1. The molecule has 1 aliphatic carbocycles. The van der Waals surface area contributed by atoms with Crippen molar-refractivity contribution in [2.45, 2.75) is 18.9 Å². The zero-order chi connectivity index (χ0) is 13.2. The van der Waals surface area contributed by atoms with Gasteiger partial charge in [0, 0.05) is 54.2 Å². The number of aromatic nitrogens is 1. The summed E-state index contributed by atoms with van der Waals surface area (Å²) in [6, 6.07) is 6.78. The van der Waals surface area contributed by atoms with Crippen LogP contribution in [0.15, 0.2) is 30.6 Å². The number of benzene rings is 1. The average Bonchev–Trinajstić information content (AvgIpc) is 3.26. The van der Waals surface area contributed by atoms with Crippen LogP contribution in [0.1, 0.15) is 12.8 Å². The third kappa shape index (κ3) is 2.36. The second-order valence-electron chi connectivity index (χ2n) is 5.01. The molecule has 4 heteroatoms. The van der Waals surface area contributed by atoms with Crippen LogP contribution in [0.25, 0.3) is 10.8 Å². The largest absolute Gasteiger partial charge is 0.398 e.